The van der Waals surface area contributed by atoms with Crippen molar-refractivity contribution in [2.24, 2.45) is 5.92 Å². The first-order valence-electron chi connectivity index (χ1n) is 7.46. The van der Waals surface area contributed by atoms with Crippen molar-refractivity contribution < 1.29 is 4.79 Å². The Morgan fingerprint density at radius 2 is 2.05 bits per heavy atom. The van der Waals surface area contributed by atoms with Crippen LogP contribution in [0.5, 0.6) is 0 Å². The largest absolute Gasteiger partial charge is 0.353 e. The van der Waals surface area contributed by atoms with Crippen LogP contribution in [-0.4, -0.2) is 46.5 Å². The molecule has 4 rings (SSSR count). The zero-order chi connectivity index (χ0) is 14.4. The molecule has 3 heterocycles. The zero-order valence-electron chi connectivity index (χ0n) is 12.1. The van der Waals surface area contributed by atoms with E-state index in [-0.39, 0.29) is 5.91 Å². The van der Waals surface area contributed by atoms with E-state index in [1.165, 1.54) is 0 Å². The number of hydrogen-bond acceptors (Lipinski definition) is 4. The van der Waals surface area contributed by atoms with Gasteiger partial charge in [-0.3, -0.25) is 9.78 Å². The molecule has 2 aromatic rings. The average Bonchev–Trinajstić information content (AvgIpc) is 3.06. The number of para-hydroxylation sites is 2. The summed E-state index contributed by atoms with van der Waals surface area (Å²) in [6, 6.07) is 8.27. The van der Waals surface area contributed by atoms with Crippen molar-refractivity contribution in [3.8, 4) is 0 Å². The smallest absolute Gasteiger partial charge is 0.219 e. The van der Waals surface area contributed by atoms with Crippen molar-refractivity contribution in [2.45, 2.75) is 19.4 Å². The molecule has 108 valence electrons. The summed E-state index contributed by atoms with van der Waals surface area (Å²) in [5.41, 5.74) is 1.85. The van der Waals surface area contributed by atoms with E-state index in [0.29, 0.717) is 12.0 Å². The average molecular weight is 282 g/mol. The number of likely N-dealkylation sites (tertiary alicyclic amines) is 1. The van der Waals surface area contributed by atoms with Gasteiger partial charge in [-0.2, -0.15) is 0 Å². The minimum absolute atomic E-state index is 0.189. The number of aromatic nitrogens is 2. The minimum atomic E-state index is 0.189. The Morgan fingerprint density at radius 1 is 1.24 bits per heavy atom. The van der Waals surface area contributed by atoms with Gasteiger partial charge < -0.3 is 9.80 Å². The van der Waals surface area contributed by atoms with Crippen molar-refractivity contribution >= 4 is 22.8 Å². The van der Waals surface area contributed by atoms with E-state index in [4.69, 9.17) is 4.98 Å². The van der Waals surface area contributed by atoms with Gasteiger partial charge in [0.2, 0.25) is 5.91 Å². The summed E-state index contributed by atoms with van der Waals surface area (Å²) in [4.78, 5) is 25.2. The highest BCUT2D eigenvalue weighted by Gasteiger charge is 2.42. The SMILES string of the molecule is CC(=O)N1CC[C@H]2CN(c3cnc4ccccc4n3)C[C@H]21. The molecule has 5 heteroatoms. The molecular formula is C16H18N4O. The summed E-state index contributed by atoms with van der Waals surface area (Å²) in [6.07, 6.45) is 2.95. The third kappa shape index (κ3) is 2.04. The highest BCUT2D eigenvalue weighted by atomic mass is 16.2. The van der Waals surface area contributed by atoms with Gasteiger partial charge in [-0.15, -0.1) is 0 Å². The van der Waals surface area contributed by atoms with E-state index < -0.39 is 0 Å². The molecule has 0 radical (unpaired) electrons. The Balaban J connectivity index is 1.61. The molecule has 0 bridgehead atoms. The Hall–Kier alpha value is -2.17. The lowest BCUT2D eigenvalue weighted by Gasteiger charge is -2.24. The van der Waals surface area contributed by atoms with E-state index in [0.717, 1.165) is 42.9 Å². The van der Waals surface area contributed by atoms with Gasteiger partial charge in [0.25, 0.3) is 0 Å². The summed E-state index contributed by atoms with van der Waals surface area (Å²) in [5.74, 6) is 1.68. The summed E-state index contributed by atoms with van der Waals surface area (Å²) in [7, 11) is 0. The lowest BCUT2D eigenvalue weighted by molar-refractivity contribution is -0.129. The fourth-order valence-corrected chi connectivity index (χ4v) is 3.64. The van der Waals surface area contributed by atoms with Crippen LogP contribution in [0.4, 0.5) is 5.82 Å². The summed E-state index contributed by atoms with van der Waals surface area (Å²) in [6.45, 7) is 4.42. The van der Waals surface area contributed by atoms with Crippen LogP contribution < -0.4 is 4.90 Å². The first kappa shape index (κ1) is 12.6. The van der Waals surface area contributed by atoms with Gasteiger partial charge in [-0.1, -0.05) is 12.1 Å². The third-order valence-corrected chi connectivity index (χ3v) is 4.71. The predicted molar refractivity (Wildman–Crippen MR) is 81.0 cm³/mol. The van der Waals surface area contributed by atoms with Gasteiger partial charge in [-0.05, 0) is 18.6 Å². The molecule has 0 saturated carbocycles. The molecular weight excluding hydrogens is 264 g/mol. The molecule has 2 atom stereocenters. The maximum Gasteiger partial charge on any atom is 0.219 e. The Labute approximate surface area is 123 Å². The molecule has 0 spiro atoms. The van der Waals surface area contributed by atoms with Gasteiger partial charge in [0.1, 0.15) is 5.82 Å². The van der Waals surface area contributed by atoms with Gasteiger partial charge >= 0.3 is 0 Å². The number of benzene rings is 1. The minimum Gasteiger partial charge on any atom is -0.353 e. The van der Waals surface area contributed by atoms with Crippen LogP contribution in [0, 0.1) is 5.92 Å². The van der Waals surface area contributed by atoms with Gasteiger partial charge in [0.15, 0.2) is 0 Å². The second-order valence-electron chi connectivity index (χ2n) is 5.95. The van der Waals surface area contributed by atoms with Crippen LogP contribution in [-0.2, 0) is 4.79 Å². The maximum absolute atomic E-state index is 11.7. The van der Waals surface area contributed by atoms with Crippen molar-refractivity contribution in [1.29, 1.82) is 0 Å². The quantitative estimate of drug-likeness (QED) is 0.798. The van der Waals surface area contributed by atoms with Gasteiger partial charge in [0, 0.05) is 32.5 Å². The van der Waals surface area contributed by atoms with E-state index in [1.54, 1.807) is 6.92 Å². The van der Waals surface area contributed by atoms with E-state index in [9.17, 15) is 4.79 Å². The van der Waals surface area contributed by atoms with Crippen molar-refractivity contribution in [3.05, 3.63) is 30.5 Å². The maximum atomic E-state index is 11.7. The molecule has 2 aliphatic heterocycles. The van der Waals surface area contributed by atoms with E-state index in [2.05, 4.69) is 9.88 Å². The number of hydrogen-bond donors (Lipinski definition) is 0. The molecule has 2 fully saturated rings. The molecule has 0 aliphatic carbocycles. The summed E-state index contributed by atoms with van der Waals surface area (Å²) in [5, 5.41) is 0. The van der Waals surface area contributed by atoms with Crippen molar-refractivity contribution in [1.82, 2.24) is 14.9 Å². The number of anilines is 1. The molecule has 1 amide bonds. The molecule has 1 aromatic heterocycles. The van der Waals surface area contributed by atoms with E-state index >= 15 is 0 Å². The molecule has 1 aromatic carbocycles. The summed E-state index contributed by atoms with van der Waals surface area (Å²) >= 11 is 0. The second-order valence-corrected chi connectivity index (χ2v) is 5.95. The first-order valence-corrected chi connectivity index (χ1v) is 7.46. The first-order chi connectivity index (χ1) is 10.2. The highest BCUT2D eigenvalue weighted by molar-refractivity contribution is 5.76. The topological polar surface area (TPSA) is 49.3 Å². The number of amides is 1. The highest BCUT2D eigenvalue weighted by Crippen LogP contribution is 2.33. The number of carbonyl (C=O) groups is 1. The number of fused-ring (bicyclic) bond motifs is 2. The van der Waals surface area contributed by atoms with Crippen molar-refractivity contribution in [3.63, 3.8) is 0 Å². The normalized spacial score (nSPS) is 24.6. The lowest BCUT2D eigenvalue weighted by atomic mass is 10.1. The van der Waals surface area contributed by atoms with Crippen LogP contribution >= 0.6 is 0 Å². The molecule has 5 nitrogen and oxygen atoms in total. The van der Waals surface area contributed by atoms with Crippen LogP contribution in [0.3, 0.4) is 0 Å². The Kier molecular flexibility index (Phi) is 2.80. The fourth-order valence-electron chi connectivity index (χ4n) is 3.64. The zero-order valence-corrected chi connectivity index (χ0v) is 12.1. The fraction of sp³-hybridized carbons (Fsp3) is 0.438. The third-order valence-electron chi connectivity index (χ3n) is 4.71. The molecule has 0 N–H and O–H groups in total. The summed E-state index contributed by atoms with van der Waals surface area (Å²) < 4.78 is 0. The van der Waals surface area contributed by atoms with Crippen molar-refractivity contribution in [2.75, 3.05) is 24.5 Å². The van der Waals surface area contributed by atoms with Crippen LogP contribution in [0.15, 0.2) is 30.5 Å². The Bertz CT molecular complexity index is 701. The number of rotatable bonds is 1. The van der Waals surface area contributed by atoms with Crippen LogP contribution in [0.1, 0.15) is 13.3 Å². The van der Waals surface area contributed by atoms with E-state index in [1.807, 2.05) is 35.4 Å². The lowest BCUT2D eigenvalue weighted by Crippen LogP contribution is -2.38. The predicted octanol–water partition coefficient (Wildman–Crippen LogP) is 1.69. The Morgan fingerprint density at radius 3 is 2.86 bits per heavy atom. The monoisotopic (exact) mass is 282 g/mol. The van der Waals surface area contributed by atoms with Crippen LogP contribution in [0.2, 0.25) is 0 Å². The molecule has 0 unspecified atom stereocenters. The number of carbonyl (C=O) groups excluding carboxylic acids is 1. The standard InChI is InChI=1S/C16H18N4O/c1-11(21)20-7-6-12-9-19(10-15(12)20)16-8-17-13-4-2-3-5-14(13)18-16/h2-5,8,12,15H,6-7,9-10H2,1H3/t12-,15+/m0/s1. The molecule has 2 saturated heterocycles. The van der Waals surface area contributed by atoms with Gasteiger partial charge in [-0.25, -0.2) is 4.98 Å². The number of nitrogens with zero attached hydrogens (tertiary/aromatic N) is 4. The van der Waals surface area contributed by atoms with Gasteiger partial charge in [0.05, 0.1) is 23.3 Å². The molecule has 21 heavy (non-hydrogen) atoms. The van der Waals surface area contributed by atoms with Crippen LogP contribution in [0.25, 0.3) is 11.0 Å². The molecule has 2 aliphatic rings. The second kappa shape index (κ2) is 4.69.